The van der Waals surface area contributed by atoms with E-state index < -0.39 is 0 Å². The van der Waals surface area contributed by atoms with Crippen LogP contribution in [0.5, 0.6) is 0 Å². The number of anilines is 1. The normalized spacial score (nSPS) is 10.9. The summed E-state index contributed by atoms with van der Waals surface area (Å²) in [6.07, 6.45) is 2.57. The van der Waals surface area contributed by atoms with Gasteiger partial charge >= 0.3 is 0 Å². The minimum Gasteiger partial charge on any atom is -0.446 e. The van der Waals surface area contributed by atoms with Gasteiger partial charge in [-0.2, -0.15) is 0 Å². The van der Waals surface area contributed by atoms with Crippen molar-refractivity contribution in [1.82, 2.24) is 19.7 Å². The number of halogens is 1. The summed E-state index contributed by atoms with van der Waals surface area (Å²) in [7, 11) is 0. The molecule has 0 unspecified atom stereocenters. The molecule has 3 heterocycles. The van der Waals surface area contributed by atoms with Crippen molar-refractivity contribution >= 4 is 50.1 Å². The number of amides is 1. The molecule has 0 bridgehead atoms. The molecule has 10 heteroatoms. The maximum Gasteiger partial charge on any atom is 0.236 e. The number of nitrogens with zero attached hydrogens (tertiary/aromatic N) is 4. The average molecular weight is 428 g/mol. The Kier molecular flexibility index (Phi) is 5.69. The second-order valence-electron chi connectivity index (χ2n) is 4.74. The molecule has 0 atom stereocenters. The first-order chi connectivity index (χ1) is 11.7. The molecule has 0 spiro atoms. The van der Waals surface area contributed by atoms with Gasteiger partial charge in [-0.15, -0.1) is 21.5 Å². The van der Waals surface area contributed by atoms with E-state index in [1.54, 1.807) is 6.20 Å². The van der Waals surface area contributed by atoms with Crippen LogP contribution in [0.1, 0.15) is 13.3 Å². The minimum atomic E-state index is -0.122. The topological polar surface area (TPSA) is 85.8 Å². The Hall–Kier alpha value is -1.65. The lowest BCUT2D eigenvalue weighted by atomic mass is 10.4. The third kappa shape index (κ3) is 4.05. The van der Waals surface area contributed by atoms with E-state index in [-0.39, 0.29) is 11.7 Å². The van der Waals surface area contributed by atoms with E-state index in [9.17, 15) is 4.79 Å². The van der Waals surface area contributed by atoms with Crippen molar-refractivity contribution in [2.24, 2.45) is 0 Å². The minimum absolute atomic E-state index is 0.122. The summed E-state index contributed by atoms with van der Waals surface area (Å²) in [5, 5.41) is 14.3. The fourth-order valence-corrected chi connectivity index (χ4v) is 3.62. The van der Waals surface area contributed by atoms with Crippen molar-refractivity contribution in [3.8, 4) is 11.6 Å². The Morgan fingerprint density at radius 1 is 1.46 bits per heavy atom. The zero-order valence-corrected chi connectivity index (χ0v) is 15.9. The number of furan rings is 1. The van der Waals surface area contributed by atoms with Crippen LogP contribution in [0.25, 0.3) is 11.6 Å². The molecule has 0 saturated heterocycles. The molecule has 0 aliphatic rings. The highest BCUT2D eigenvalue weighted by molar-refractivity contribution is 9.10. The summed E-state index contributed by atoms with van der Waals surface area (Å²) in [5.74, 6) is 1.42. The lowest BCUT2D eigenvalue weighted by molar-refractivity contribution is -0.113. The van der Waals surface area contributed by atoms with Crippen molar-refractivity contribution < 1.29 is 9.21 Å². The zero-order chi connectivity index (χ0) is 16.9. The molecular weight excluding hydrogens is 414 g/mol. The highest BCUT2D eigenvalue weighted by atomic mass is 79.9. The Balaban J connectivity index is 1.71. The maximum absolute atomic E-state index is 12.0. The standard InChI is InChI=1S/C14H14BrN5O2S2/c1-2-6-20-12(9-3-4-10(15)22-9)18-19-14(20)24-8-11(21)17-13-16-5-7-23-13/h3-5,7H,2,6,8H2,1H3,(H,16,17,21). The van der Waals surface area contributed by atoms with Gasteiger partial charge in [0.25, 0.3) is 0 Å². The number of carbonyl (C=O) groups is 1. The number of hydrogen-bond acceptors (Lipinski definition) is 7. The first kappa shape index (κ1) is 17.2. The first-order valence-electron chi connectivity index (χ1n) is 7.18. The average Bonchev–Trinajstić information content (AvgIpc) is 3.28. The summed E-state index contributed by atoms with van der Waals surface area (Å²) in [5.41, 5.74) is 0. The van der Waals surface area contributed by atoms with Crippen LogP contribution < -0.4 is 5.32 Å². The first-order valence-corrected chi connectivity index (χ1v) is 9.84. The zero-order valence-electron chi connectivity index (χ0n) is 12.7. The van der Waals surface area contributed by atoms with Crippen molar-refractivity contribution in [1.29, 1.82) is 0 Å². The lowest BCUT2D eigenvalue weighted by Crippen LogP contribution is -2.14. The van der Waals surface area contributed by atoms with Gasteiger partial charge in [0, 0.05) is 18.1 Å². The van der Waals surface area contributed by atoms with Crippen LogP contribution in [0, 0.1) is 0 Å². The van der Waals surface area contributed by atoms with Crippen LogP contribution in [-0.4, -0.2) is 31.4 Å². The second-order valence-corrected chi connectivity index (χ2v) is 7.35. The number of aromatic nitrogens is 4. The quantitative estimate of drug-likeness (QED) is 0.575. The summed E-state index contributed by atoms with van der Waals surface area (Å²) in [6, 6.07) is 3.65. The SMILES string of the molecule is CCCn1c(SCC(=O)Nc2nccs2)nnc1-c1ccc(Br)o1. The summed E-state index contributed by atoms with van der Waals surface area (Å²) >= 11 is 6.02. The monoisotopic (exact) mass is 427 g/mol. The molecule has 1 N–H and O–H groups in total. The second kappa shape index (κ2) is 7.95. The molecule has 0 radical (unpaired) electrons. The number of rotatable bonds is 7. The molecule has 3 rings (SSSR count). The summed E-state index contributed by atoms with van der Waals surface area (Å²) in [6.45, 7) is 2.82. The van der Waals surface area contributed by atoms with Crippen molar-refractivity contribution in [3.63, 3.8) is 0 Å². The molecule has 0 aromatic carbocycles. The molecule has 0 aliphatic carbocycles. The number of thioether (sulfide) groups is 1. The van der Waals surface area contributed by atoms with E-state index in [0.29, 0.717) is 26.5 Å². The van der Waals surface area contributed by atoms with E-state index >= 15 is 0 Å². The van der Waals surface area contributed by atoms with Gasteiger partial charge in [0.15, 0.2) is 20.7 Å². The summed E-state index contributed by atoms with van der Waals surface area (Å²) < 4.78 is 8.17. The van der Waals surface area contributed by atoms with Crippen LogP contribution in [0.2, 0.25) is 0 Å². The van der Waals surface area contributed by atoms with E-state index in [1.807, 2.05) is 22.1 Å². The highest BCUT2D eigenvalue weighted by Gasteiger charge is 2.17. The van der Waals surface area contributed by atoms with Gasteiger partial charge in [-0.1, -0.05) is 18.7 Å². The van der Waals surface area contributed by atoms with Crippen LogP contribution in [0.3, 0.4) is 0 Å². The molecule has 3 aromatic heterocycles. The Morgan fingerprint density at radius 2 is 2.33 bits per heavy atom. The van der Waals surface area contributed by atoms with Gasteiger partial charge in [-0.05, 0) is 34.5 Å². The van der Waals surface area contributed by atoms with E-state index in [0.717, 1.165) is 13.0 Å². The predicted molar refractivity (Wildman–Crippen MR) is 97.2 cm³/mol. The smallest absolute Gasteiger partial charge is 0.236 e. The molecule has 0 aliphatic heterocycles. The maximum atomic E-state index is 12.0. The van der Waals surface area contributed by atoms with Gasteiger partial charge in [0.05, 0.1) is 5.75 Å². The molecule has 1 amide bonds. The lowest BCUT2D eigenvalue weighted by Gasteiger charge is -2.07. The van der Waals surface area contributed by atoms with Crippen LogP contribution in [-0.2, 0) is 11.3 Å². The van der Waals surface area contributed by atoms with Crippen LogP contribution in [0.4, 0.5) is 5.13 Å². The van der Waals surface area contributed by atoms with Crippen LogP contribution in [0.15, 0.2) is 38.0 Å². The fraction of sp³-hybridized carbons (Fsp3) is 0.286. The molecule has 0 saturated carbocycles. The molecule has 7 nitrogen and oxygen atoms in total. The number of hydrogen-bond donors (Lipinski definition) is 1. The predicted octanol–water partition coefficient (Wildman–Crippen LogP) is 3.90. The van der Waals surface area contributed by atoms with E-state index in [4.69, 9.17) is 4.42 Å². The van der Waals surface area contributed by atoms with Gasteiger partial charge in [0.1, 0.15) is 0 Å². The van der Waals surface area contributed by atoms with E-state index in [1.165, 1.54) is 23.1 Å². The number of nitrogens with one attached hydrogen (secondary N) is 1. The fourth-order valence-electron chi connectivity index (χ4n) is 2.01. The Morgan fingerprint density at radius 3 is 3.00 bits per heavy atom. The molecule has 3 aromatic rings. The Bertz CT molecular complexity index is 815. The van der Waals surface area contributed by atoms with Gasteiger partial charge in [-0.25, -0.2) is 4.98 Å². The summed E-state index contributed by atoms with van der Waals surface area (Å²) in [4.78, 5) is 16.0. The van der Waals surface area contributed by atoms with Crippen molar-refractivity contribution in [2.75, 3.05) is 11.1 Å². The van der Waals surface area contributed by atoms with Gasteiger partial charge < -0.3 is 9.73 Å². The van der Waals surface area contributed by atoms with Crippen LogP contribution >= 0.6 is 39.0 Å². The third-order valence-corrected chi connectivity index (χ3v) is 5.05. The third-order valence-electron chi connectivity index (χ3n) is 2.97. The Labute approximate surface area is 155 Å². The molecular formula is C14H14BrN5O2S2. The van der Waals surface area contributed by atoms with Gasteiger partial charge in [0.2, 0.25) is 11.7 Å². The number of carbonyl (C=O) groups excluding carboxylic acids is 1. The van der Waals surface area contributed by atoms with Crippen molar-refractivity contribution in [2.45, 2.75) is 25.0 Å². The molecule has 0 fully saturated rings. The molecule has 126 valence electrons. The number of thiazole rings is 1. The largest absolute Gasteiger partial charge is 0.446 e. The van der Waals surface area contributed by atoms with E-state index in [2.05, 4.69) is 43.4 Å². The van der Waals surface area contributed by atoms with Crippen molar-refractivity contribution in [3.05, 3.63) is 28.4 Å². The highest BCUT2D eigenvalue weighted by Crippen LogP contribution is 2.27. The van der Waals surface area contributed by atoms with Gasteiger partial charge in [-0.3, -0.25) is 9.36 Å². The molecule has 24 heavy (non-hydrogen) atoms.